The molecule has 0 fully saturated rings. The van der Waals surface area contributed by atoms with Gasteiger partial charge in [0.2, 0.25) is 0 Å². The van der Waals surface area contributed by atoms with Crippen molar-refractivity contribution >= 4 is 47.4 Å². The molecule has 0 unspecified atom stereocenters. The Morgan fingerprint density at radius 2 is 0.250 bits per heavy atom. The van der Waals surface area contributed by atoms with E-state index < -0.39 is 47.4 Å². The van der Waals surface area contributed by atoms with E-state index in [0.29, 0.717) is 0 Å². The Balaban J connectivity index is -0.0000000186. The molecule has 0 aliphatic carbocycles. The van der Waals surface area contributed by atoms with Crippen LogP contribution in [-0.4, -0.2) is 0 Å². The first-order valence-corrected chi connectivity index (χ1v) is 12.9. The second-order valence-electron chi connectivity index (χ2n) is 2.58. The van der Waals surface area contributed by atoms with Crippen LogP contribution in [0.3, 0.4) is 0 Å². The molecular formula is F6Mn6O18P6. The van der Waals surface area contributed by atoms with Crippen LogP contribution in [0.25, 0.3) is 0 Å². The van der Waals surface area contributed by atoms with Crippen LogP contribution in [0, 0.1) is 0 Å². The monoisotopic (exact) mass is 917 g/mol. The minimum atomic E-state index is -5.64. The molecule has 0 rings (SSSR count). The SMILES string of the molecule is O=P([O-])([O-])F.O=P([O-])([O-])F.O=P([O-])([O-])F.O=P([O-])([O-])F.O=P([O-])([O-])F.O=P([O-])([O-])F.[Mn+2].[Mn+2].[Mn+2].[Mn+2].[Mn+2].[Mn+2]. The maximum absolute atomic E-state index is 10.1. The van der Waals surface area contributed by atoms with Crippen molar-refractivity contribution in [1.82, 2.24) is 0 Å². The minimum Gasteiger partial charge on any atom is -0.786 e. The van der Waals surface area contributed by atoms with Crippen molar-refractivity contribution in [2.75, 3.05) is 0 Å². The Hall–Kier alpha value is 3.60. The van der Waals surface area contributed by atoms with E-state index in [0.717, 1.165) is 0 Å². The van der Waals surface area contributed by atoms with Crippen LogP contribution >= 0.6 is 47.4 Å². The van der Waals surface area contributed by atoms with E-state index >= 15 is 0 Å². The van der Waals surface area contributed by atoms with Crippen LogP contribution in [0.1, 0.15) is 0 Å². The van der Waals surface area contributed by atoms with E-state index in [2.05, 4.69) is 0 Å². The van der Waals surface area contributed by atoms with E-state index in [-0.39, 0.29) is 102 Å². The van der Waals surface area contributed by atoms with Gasteiger partial charge in [0, 0.05) is 0 Å². The van der Waals surface area contributed by atoms with E-state index in [1.54, 1.807) is 0 Å². The molecule has 18 nitrogen and oxygen atoms in total. The largest absolute Gasteiger partial charge is 2.00 e. The molecule has 0 spiro atoms. The van der Waals surface area contributed by atoms with Gasteiger partial charge in [-0.2, -0.15) is 0 Å². The van der Waals surface area contributed by atoms with Crippen LogP contribution in [0.5, 0.6) is 0 Å². The molecule has 0 N–H and O–H groups in total. The fraction of sp³-hybridized carbons (Fsp3) is 0. The fourth-order valence-electron chi connectivity index (χ4n) is 0. The summed E-state index contributed by atoms with van der Waals surface area (Å²) in [6, 6.07) is 0. The summed E-state index contributed by atoms with van der Waals surface area (Å²) in [5.41, 5.74) is 0. The molecule has 0 atom stereocenters. The molecule has 0 aromatic rings. The van der Waals surface area contributed by atoms with Crippen LogP contribution in [0.2, 0.25) is 0 Å². The van der Waals surface area contributed by atoms with Gasteiger partial charge in [-0.15, -0.1) is 0 Å². The van der Waals surface area contributed by atoms with Crippen LogP contribution in [0.15, 0.2) is 0 Å². The van der Waals surface area contributed by atoms with Gasteiger partial charge in [-0.1, -0.05) is 0 Å². The van der Waals surface area contributed by atoms with Crippen LogP contribution in [0.4, 0.5) is 25.2 Å². The summed E-state index contributed by atoms with van der Waals surface area (Å²) >= 11 is 0. The van der Waals surface area contributed by atoms with Crippen LogP contribution < -0.4 is 58.7 Å². The predicted octanol–water partition coefficient (Wildman–Crippen LogP) is -7.31. The molecule has 0 aliphatic rings. The zero-order valence-corrected chi connectivity index (χ0v) is 27.0. The minimum absolute atomic E-state index is 0. The van der Waals surface area contributed by atoms with Gasteiger partial charge in [0.1, 0.15) is 47.4 Å². The Bertz CT molecular complexity index is 497. The molecule has 0 amide bonds. The molecule has 0 bridgehead atoms. The maximum Gasteiger partial charge on any atom is 2.00 e. The molecule has 36 heteroatoms. The van der Waals surface area contributed by atoms with Gasteiger partial charge in [0.05, 0.1) is 0 Å². The number of hydrogen-bond donors (Lipinski definition) is 0. The zero-order valence-electron chi connectivity index (χ0n) is 14.6. The van der Waals surface area contributed by atoms with Crippen molar-refractivity contribution < 1.29 is 214 Å². The summed E-state index contributed by atoms with van der Waals surface area (Å²) in [5.74, 6) is 0. The van der Waals surface area contributed by atoms with E-state index in [4.69, 9.17) is 86.1 Å². The van der Waals surface area contributed by atoms with Crippen LogP contribution in [-0.2, 0) is 130 Å². The molecule has 36 heavy (non-hydrogen) atoms. The predicted molar refractivity (Wildman–Crippen MR) is 52.3 cm³/mol. The number of hydrogen-bond acceptors (Lipinski definition) is 18. The third-order valence-electron chi connectivity index (χ3n) is 0. The van der Waals surface area contributed by atoms with Gasteiger partial charge in [-0.25, -0.2) is 25.2 Å². The first-order valence-electron chi connectivity index (χ1n) is 4.30. The Morgan fingerprint density at radius 3 is 0.250 bits per heavy atom. The summed E-state index contributed by atoms with van der Waals surface area (Å²) in [4.78, 5) is 101. The third kappa shape index (κ3) is 3890. The summed E-state index contributed by atoms with van der Waals surface area (Å²) in [6.45, 7) is 0. The molecule has 0 aliphatic heterocycles. The average Bonchev–Trinajstić information content (AvgIpc) is 1.94. The summed E-state index contributed by atoms with van der Waals surface area (Å²) in [6.07, 6.45) is 0. The summed E-state index contributed by atoms with van der Waals surface area (Å²) in [5, 5.41) is 0. The van der Waals surface area contributed by atoms with Crippen molar-refractivity contribution in [2.24, 2.45) is 0 Å². The zero-order chi connectivity index (χ0) is 27.0. The average molecular weight is 917 g/mol. The number of halogens is 6. The molecule has 222 valence electrons. The summed E-state index contributed by atoms with van der Waals surface area (Å²) in [7, 11) is -33.8. The quantitative estimate of drug-likeness (QED) is 0.124. The van der Waals surface area contributed by atoms with Crippen molar-refractivity contribution in [3.63, 3.8) is 0 Å². The standard InChI is InChI=1S/6FH2O3P.6Mn/c6*1-5(2,3)4;;;;;;/h6*(H2,2,3,4);;;;;;/q;;;;;;6*+2/p-12. The molecule has 6 radical (unpaired) electrons. The van der Waals surface area contributed by atoms with Crippen molar-refractivity contribution in [3.8, 4) is 0 Å². The van der Waals surface area contributed by atoms with E-state index in [1.165, 1.54) is 0 Å². The van der Waals surface area contributed by atoms with Gasteiger partial charge < -0.3 is 86.1 Å². The first kappa shape index (κ1) is 77.5. The summed E-state index contributed by atoms with van der Waals surface area (Å²) < 4.78 is 111. The van der Waals surface area contributed by atoms with Gasteiger partial charge in [-0.05, 0) is 0 Å². The van der Waals surface area contributed by atoms with Crippen molar-refractivity contribution in [3.05, 3.63) is 0 Å². The topological polar surface area (TPSA) is 379 Å². The molecule has 0 aromatic heterocycles. The smallest absolute Gasteiger partial charge is 0.786 e. The molecule has 0 heterocycles. The maximum atomic E-state index is 10.1. The normalized spacial score (nSPS) is 9.83. The van der Waals surface area contributed by atoms with Gasteiger partial charge in [-0.3, -0.25) is 0 Å². The van der Waals surface area contributed by atoms with Gasteiger partial charge in [0.25, 0.3) is 0 Å². The Morgan fingerprint density at radius 1 is 0.250 bits per heavy atom. The van der Waals surface area contributed by atoms with Gasteiger partial charge >= 0.3 is 102 Å². The Kier molecular flexibility index (Phi) is 74.9. The van der Waals surface area contributed by atoms with E-state index in [9.17, 15) is 25.2 Å². The molecule has 0 saturated carbocycles. The van der Waals surface area contributed by atoms with Crippen molar-refractivity contribution in [1.29, 1.82) is 0 Å². The molecule has 0 saturated heterocycles. The Labute approximate surface area is 259 Å². The third-order valence-corrected chi connectivity index (χ3v) is 0. The number of rotatable bonds is 0. The van der Waals surface area contributed by atoms with E-state index in [1.807, 2.05) is 0 Å². The second-order valence-corrected chi connectivity index (χ2v) is 7.75. The second kappa shape index (κ2) is 34.8. The van der Waals surface area contributed by atoms with Crippen molar-refractivity contribution in [2.45, 2.75) is 0 Å². The van der Waals surface area contributed by atoms with Gasteiger partial charge in [0.15, 0.2) is 0 Å². The fourth-order valence-corrected chi connectivity index (χ4v) is 0. The first-order chi connectivity index (χ1) is 12.0. The molecular weight excluding hydrogens is 917 g/mol. The molecule has 0 aromatic carbocycles.